The Morgan fingerprint density at radius 2 is 1.48 bits per heavy atom. The summed E-state index contributed by atoms with van der Waals surface area (Å²) in [7, 11) is 0. The van der Waals surface area contributed by atoms with Crippen molar-refractivity contribution in [2.24, 2.45) is 5.41 Å². The van der Waals surface area contributed by atoms with Gasteiger partial charge in [-0.25, -0.2) is 4.98 Å². The van der Waals surface area contributed by atoms with E-state index in [1.807, 2.05) is 60.7 Å². The van der Waals surface area contributed by atoms with Crippen LogP contribution in [0, 0.1) is 5.41 Å². The molecule has 2 saturated heterocycles. The minimum atomic E-state index is -0.329. The van der Waals surface area contributed by atoms with Crippen LogP contribution in [0.25, 0.3) is 11.3 Å². The number of hydrogen-bond donors (Lipinski definition) is 2. The predicted octanol–water partition coefficient (Wildman–Crippen LogP) is 7.15. The molecule has 52 heavy (non-hydrogen) atoms. The number of hydrogen-bond acceptors (Lipinski definition) is 7. The normalized spacial score (nSPS) is 17.0. The van der Waals surface area contributed by atoms with Crippen molar-refractivity contribution in [3.8, 4) is 11.3 Å². The summed E-state index contributed by atoms with van der Waals surface area (Å²) in [6.45, 7) is 3.78. The summed E-state index contributed by atoms with van der Waals surface area (Å²) in [5.41, 5.74) is 7.21. The van der Waals surface area contributed by atoms with Crippen molar-refractivity contribution in [3.63, 3.8) is 0 Å². The molecule has 0 unspecified atom stereocenters. The Kier molecular flexibility index (Phi) is 8.11. The molecule has 3 aromatic carbocycles. The SMILES string of the molecule is O=C(Nc1ccccc1)c1cc2c(o1)-c1ccccc1N(C(=O)c1ccc(NC(=O)c3cc4c(nc3N3CC5(CCOCC5)C3)CCC4)cc1)CC2. The van der Waals surface area contributed by atoms with Gasteiger partial charge >= 0.3 is 0 Å². The van der Waals surface area contributed by atoms with Crippen molar-refractivity contribution in [1.29, 1.82) is 0 Å². The highest BCUT2D eigenvalue weighted by atomic mass is 16.5. The van der Waals surface area contributed by atoms with Crippen LogP contribution in [-0.2, 0) is 24.0 Å². The topological polar surface area (TPSA) is 117 Å². The summed E-state index contributed by atoms with van der Waals surface area (Å²) in [6.07, 6.45) is 5.54. The first-order chi connectivity index (χ1) is 25.4. The van der Waals surface area contributed by atoms with Gasteiger partial charge in [-0.05, 0) is 105 Å². The van der Waals surface area contributed by atoms with E-state index in [9.17, 15) is 14.4 Å². The number of benzene rings is 3. The summed E-state index contributed by atoms with van der Waals surface area (Å²) in [5.74, 6) is 0.883. The molecule has 262 valence electrons. The minimum Gasteiger partial charge on any atom is -0.451 e. The molecule has 3 aliphatic heterocycles. The summed E-state index contributed by atoms with van der Waals surface area (Å²) in [6, 6.07) is 27.7. The van der Waals surface area contributed by atoms with Gasteiger partial charge in [0.25, 0.3) is 17.7 Å². The first-order valence-corrected chi connectivity index (χ1v) is 18.1. The highest BCUT2D eigenvalue weighted by molar-refractivity contribution is 6.10. The van der Waals surface area contributed by atoms with E-state index in [0.29, 0.717) is 46.9 Å². The number of ether oxygens (including phenoxy) is 1. The molecule has 1 aliphatic carbocycles. The molecule has 0 bridgehead atoms. The number of fused-ring (bicyclic) bond motifs is 4. The molecule has 0 radical (unpaired) electrons. The number of aryl methyl sites for hydroxylation is 2. The highest BCUT2D eigenvalue weighted by Gasteiger charge is 2.45. The zero-order valence-electron chi connectivity index (χ0n) is 28.8. The van der Waals surface area contributed by atoms with Gasteiger partial charge in [-0.15, -0.1) is 0 Å². The Hall–Kier alpha value is -5.74. The van der Waals surface area contributed by atoms with Crippen molar-refractivity contribution in [1.82, 2.24) is 4.98 Å². The van der Waals surface area contributed by atoms with E-state index in [2.05, 4.69) is 15.5 Å². The molecular formula is C42H39N5O5. The second kappa shape index (κ2) is 13.1. The molecule has 2 N–H and O–H groups in total. The van der Waals surface area contributed by atoms with E-state index in [-0.39, 0.29) is 28.9 Å². The molecule has 5 heterocycles. The maximum atomic E-state index is 14.0. The molecule has 5 aromatic rings. The zero-order chi connectivity index (χ0) is 35.2. The molecule has 2 fully saturated rings. The molecule has 9 rings (SSSR count). The van der Waals surface area contributed by atoms with E-state index >= 15 is 0 Å². The zero-order valence-corrected chi connectivity index (χ0v) is 28.8. The number of carbonyl (C=O) groups excluding carboxylic acids is 3. The van der Waals surface area contributed by atoms with Crippen molar-refractivity contribution in [2.45, 2.75) is 38.5 Å². The van der Waals surface area contributed by atoms with Crippen LogP contribution in [0.2, 0.25) is 0 Å². The van der Waals surface area contributed by atoms with Crippen molar-refractivity contribution in [2.75, 3.05) is 53.3 Å². The second-order valence-corrected chi connectivity index (χ2v) is 14.3. The van der Waals surface area contributed by atoms with E-state index in [4.69, 9.17) is 14.1 Å². The first-order valence-electron chi connectivity index (χ1n) is 18.1. The van der Waals surface area contributed by atoms with Gasteiger partial charge in [-0.2, -0.15) is 0 Å². The van der Waals surface area contributed by atoms with Crippen LogP contribution in [0.5, 0.6) is 0 Å². The Balaban J connectivity index is 0.916. The number of nitrogens with one attached hydrogen (secondary N) is 2. The lowest BCUT2D eigenvalue weighted by molar-refractivity contribution is -0.000520. The van der Waals surface area contributed by atoms with E-state index in [1.54, 1.807) is 35.2 Å². The molecular weight excluding hydrogens is 654 g/mol. The van der Waals surface area contributed by atoms with Gasteiger partial charge in [-0.3, -0.25) is 14.4 Å². The number of furan rings is 1. The number of amides is 3. The third-order valence-corrected chi connectivity index (χ3v) is 10.9. The number of rotatable bonds is 6. The van der Waals surface area contributed by atoms with Gasteiger partial charge in [0.1, 0.15) is 11.6 Å². The maximum absolute atomic E-state index is 14.0. The molecule has 10 nitrogen and oxygen atoms in total. The summed E-state index contributed by atoms with van der Waals surface area (Å²) >= 11 is 0. The first kappa shape index (κ1) is 32.2. The number of anilines is 4. The second-order valence-electron chi connectivity index (χ2n) is 14.3. The lowest BCUT2D eigenvalue weighted by Gasteiger charge is -2.53. The van der Waals surface area contributed by atoms with E-state index in [1.165, 1.54) is 0 Å². The molecule has 3 amide bonds. The molecule has 4 aliphatic rings. The average Bonchev–Trinajstić information content (AvgIpc) is 3.78. The number of para-hydroxylation sites is 2. The molecule has 10 heteroatoms. The van der Waals surface area contributed by atoms with Gasteiger partial charge in [-0.1, -0.05) is 30.3 Å². The van der Waals surface area contributed by atoms with Gasteiger partial charge in [0.2, 0.25) is 0 Å². The Labute approximate surface area is 301 Å². The minimum absolute atomic E-state index is 0.164. The lowest BCUT2D eigenvalue weighted by Crippen LogP contribution is -2.59. The van der Waals surface area contributed by atoms with Crippen LogP contribution in [0.3, 0.4) is 0 Å². The van der Waals surface area contributed by atoms with Crippen LogP contribution in [0.1, 0.15) is 67.4 Å². The largest absolute Gasteiger partial charge is 0.451 e. The van der Waals surface area contributed by atoms with Crippen molar-refractivity contribution >= 4 is 40.6 Å². The fourth-order valence-corrected chi connectivity index (χ4v) is 8.09. The van der Waals surface area contributed by atoms with Crippen LogP contribution in [-0.4, -0.2) is 55.6 Å². The molecule has 0 atom stereocenters. The van der Waals surface area contributed by atoms with Crippen LogP contribution < -0.4 is 20.4 Å². The third-order valence-electron chi connectivity index (χ3n) is 10.9. The summed E-state index contributed by atoms with van der Waals surface area (Å²) < 4.78 is 11.8. The average molecular weight is 694 g/mol. The molecule has 0 saturated carbocycles. The van der Waals surface area contributed by atoms with Crippen LogP contribution >= 0.6 is 0 Å². The number of aromatic nitrogens is 1. The van der Waals surface area contributed by atoms with Gasteiger partial charge < -0.3 is 29.6 Å². The third kappa shape index (κ3) is 5.92. The predicted molar refractivity (Wildman–Crippen MR) is 199 cm³/mol. The fraction of sp³-hybridized carbons (Fsp3) is 0.286. The van der Waals surface area contributed by atoms with E-state index in [0.717, 1.165) is 86.6 Å². The lowest BCUT2D eigenvalue weighted by atomic mass is 9.73. The van der Waals surface area contributed by atoms with Gasteiger partial charge in [0.15, 0.2) is 5.76 Å². The number of nitrogens with zero attached hydrogens (tertiary/aromatic N) is 3. The molecule has 1 spiro atoms. The maximum Gasteiger partial charge on any atom is 0.291 e. The Morgan fingerprint density at radius 3 is 2.29 bits per heavy atom. The smallest absolute Gasteiger partial charge is 0.291 e. The standard InChI is InChI=1S/C42H39N5O5/c48-39(33-23-28-7-6-11-34(28)45-38(33)46-25-42(26-46)18-21-51-22-19-42)43-31-15-13-27(14-16-31)41(50)47-20-17-29-24-36(40(49)44-30-8-2-1-3-9-30)52-37(29)32-10-4-5-12-35(32)47/h1-5,8-10,12-16,23-24H,6-7,11,17-22,25-26H2,(H,43,48)(H,44,49). The van der Waals surface area contributed by atoms with E-state index < -0.39 is 0 Å². The highest BCUT2D eigenvalue weighted by Crippen LogP contribution is 2.43. The fourth-order valence-electron chi connectivity index (χ4n) is 8.09. The van der Waals surface area contributed by atoms with Gasteiger partial charge in [0, 0.05) is 72.0 Å². The van der Waals surface area contributed by atoms with Crippen molar-refractivity contribution < 1.29 is 23.5 Å². The van der Waals surface area contributed by atoms with Crippen LogP contribution in [0.4, 0.5) is 22.9 Å². The monoisotopic (exact) mass is 693 g/mol. The summed E-state index contributed by atoms with van der Waals surface area (Å²) in [5, 5.41) is 5.96. The van der Waals surface area contributed by atoms with Gasteiger partial charge in [0.05, 0.1) is 11.3 Å². The Bertz CT molecular complexity index is 2180. The Morgan fingerprint density at radius 1 is 0.750 bits per heavy atom. The quantitative estimate of drug-likeness (QED) is 0.194. The van der Waals surface area contributed by atoms with Crippen molar-refractivity contribution in [3.05, 3.63) is 125 Å². The van der Waals surface area contributed by atoms with Crippen LogP contribution in [0.15, 0.2) is 95.4 Å². The summed E-state index contributed by atoms with van der Waals surface area (Å²) in [4.78, 5) is 49.9. The number of pyridine rings is 1. The number of carbonyl (C=O) groups is 3. The molecule has 2 aromatic heterocycles.